The number of pyridine rings is 1. The van der Waals surface area contributed by atoms with Gasteiger partial charge in [-0.2, -0.15) is 4.31 Å². The van der Waals surface area contributed by atoms with Crippen molar-refractivity contribution in [2.24, 2.45) is 0 Å². The molecule has 0 radical (unpaired) electrons. The molecular formula is C14H18ClN3O5S. The van der Waals surface area contributed by atoms with Crippen molar-refractivity contribution < 1.29 is 23.1 Å². The lowest BCUT2D eigenvalue weighted by Crippen LogP contribution is -2.61. The summed E-state index contributed by atoms with van der Waals surface area (Å²) in [6, 6.07) is 0.608. The van der Waals surface area contributed by atoms with Crippen molar-refractivity contribution in [3.63, 3.8) is 0 Å². The number of aromatic nitrogens is 1. The minimum atomic E-state index is -3.90. The van der Waals surface area contributed by atoms with Crippen LogP contribution in [0.3, 0.4) is 0 Å². The van der Waals surface area contributed by atoms with Crippen molar-refractivity contribution in [2.45, 2.75) is 25.4 Å². The van der Waals surface area contributed by atoms with E-state index in [0.29, 0.717) is 16.3 Å². The van der Waals surface area contributed by atoms with E-state index in [-0.39, 0.29) is 11.7 Å². The Morgan fingerprint density at radius 1 is 1.50 bits per heavy atom. The number of piperazine rings is 1. The van der Waals surface area contributed by atoms with Crippen molar-refractivity contribution in [1.29, 1.82) is 0 Å². The average Bonchev–Trinajstić information content (AvgIpc) is 2.48. The number of carboxylic acid groups (broad SMARTS) is 1. The van der Waals surface area contributed by atoms with Gasteiger partial charge in [0.25, 0.3) is 0 Å². The molecule has 1 amide bonds. The summed E-state index contributed by atoms with van der Waals surface area (Å²) in [7, 11) is -3.90. The molecule has 1 fully saturated rings. The van der Waals surface area contributed by atoms with Crippen LogP contribution in [-0.2, 0) is 19.6 Å². The van der Waals surface area contributed by atoms with E-state index in [1.54, 1.807) is 12.1 Å². The summed E-state index contributed by atoms with van der Waals surface area (Å²) < 4.78 is 24.7. The lowest BCUT2D eigenvalue weighted by atomic mass is 9.96. The summed E-state index contributed by atoms with van der Waals surface area (Å²) in [5.74, 6) is -1.82. The lowest BCUT2D eigenvalue weighted by Gasteiger charge is -2.44. The van der Waals surface area contributed by atoms with E-state index in [2.05, 4.69) is 4.98 Å². The van der Waals surface area contributed by atoms with Gasteiger partial charge < -0.3 is 10.0 Å². The summed E-state index contributed by atoms with van der Waals surface area (Å²) in [6.45, 7) is 1.62. The molecule has 1 N–H and O–H groups in total. The second kappa shape index (κ2) is 7.04. The van der Waals surface area contributed by atoms with E-state index in [0.717, 1.165) is 6.26 Å². The van der Waals surface area contributed by atoms with Crippen LogP contribution in [0, 0.1) is 0 Å². The average molecular weight is 376 g/mol. The molecule has 2 heterocycles. The van der Waals surface area contributed by atoms with Crippen molar-refractivity contribution in [1.82, 2.24) is 14.2 Å². The maximum atomic E-state index is 12.5. The van der Waals surface area contributed by atoms with Crippen LogP contribution < -0.4 is 0 Å². The topological polar surface area (TPSA) is 108 Å². The van der Waals surface area contributed by atoms with Crippen molar-refractivity contribution in [3.8, 4) is 0 Å². The second-order valence-corrected chi connectivity index (χ2v) is 7.80. The van der Waals surface area contributed by atoms with Crippen LogP contribution in [0.15, 0.2) is 18.3 Å². The first-order chi connectivity index (χ1) is 11.2. The number of hydrogen-bond donors (Lipinski definition) is 1. The summed E-state index contributed by atoms with van der Waals surface area (Å²) in [4.78, 5) is 29.6. The van der Waals surface area contributed by atoms with E-state index in [9.17, 15) is 23.1 Å². The molecule has 0 aromatic carbocycles. The minimum Gasteiger partial charge on any atom is -0.480 e. The van der Waals surface area contributed by atoms with Crippen molar-refractivity contribution >= 4 is 33.5 Å². The van der Waals surface area contributed by atoms with Gasteiger partial charge in [0, 0.05) is 18.3 Å². The number of sulfonamides is 1. The molecule has 132 valence electrons. The van der Waals surface area contributed by atoms with Gasteiger partial charge in [0.2, 0.25) is 15.9 Å². The Morgan fingerprint density at radius 3 is 2.67 bits per heavy atom. The Hall–Kier alpha value is -1.71. The monoisotopic (exact) mass is 375 g/mol. The van der Waals surface area contributed by atoms with Crippen LogP contribution in [-0.4, -0.2) is 65.0 Å². The van der Waals surface area contributed by atoms with E-state index in [4.69, 9.17) is 11.6 Å². The summed E-state index contributed by atoms with van der Waals surface area (Å²) in [5.41, 5.74) is 0.307. The predicted octanol–water partition coefficient (Wildman–Crippen LogP) is 0.743. The fraction of sp³-hybridized carbons (Fsp3) is 0.500. The van der Waals surface area contributed by atoms with Gasteiger partial charge in [-0.1, -0.05) is 24.6 Å². The molecule has 1 saturated heterocycles. The largest absolute Gasteiger partial charge is 0.480 e. The number of nitrogens with zero attached hydrogens (tertiary/aromatic N) is 3. The zero-order valence-corrected chi connectivity index (χ0v) is 14.8. The number of carbonyl (C=O) groups excluding carboxylic acids is 1. The smallest absolute Gasteiger partial charge is 0.324 e. The molecule has 0 bridgehead atoms. The normalized spacial score (nSPS) is 22.6. The molecule has 0 aliphatic carbocycles. The van der Waals surface area contributed by atoms with Crippen LogP contribution in [0.1, 0.15) is 24.9 Å². The van der Waals surface area contributed by atoms with Gasteiger partial charge in [-0.15, -0.1) is 0 Å². The zero-order chi connectivity index (χ0) is 18.1. The van der Waals surface area contributed by atoms with Crippen LogP contribution in [0.25, 0.3) is 0 Å². The number of amides is 1. The molecule has 24 heavy (non-hydrogen) atoms. The van der Waals surface area contributed by atoms with Gasteiger partial charge >= 0.3 is 5.97 Å². The van der Waals surface area contributed by atoms with E-state index < -0.39 is 40.5 Å². The third kappa shape index (κ3) is 3.52. The highest BCUT2D eigenvalue weighted by molar-refractivity contribution is 7.88. The fourth-order valence-corrected chi connectivity index (χ4v) is 4.04. The van der Waals surface area contributed by atoms with E-state index in [1.165, 1.54) is 11.1 Å². The lowest BCUT2D eigenvalue weighted by molar-refractivity contribution is -0.153. The van der Waals surface area contributed by atoms with Crippen molar-refractivity contribution in [2.75, 3.05) is 19.3 Å². The van der Waals surface area contributed by atoms with Gasteiger partial charge in [0.1, 0.15) is 11.2 Å². The molecule has 2 unspecified atom stereocenters. The third-order valence-electron chi connectivity index (χ3n) is 3.81. The molecule has 2 atom stereocenters. The van der Waals surface area contributed by atoms with E-state index in [1.807, 2.05) is 6.92 Å². The number of rotatable bonds is 5. The highest BCUT2D eigenvalue weighted by Crippen LogP contribution is 2.36. The third-order valence-corrected chi connectivity index (χ3v) is 5.33. The van der Waals surface area contributed by atoms with Gasteiger partial charge in [-0.05, 0) is 12.5 Å². The molecule has 10 heteroatoms. The summed E-state index contributed by atoms with van der Waals surface area (Å²) in [5, 5.41) is 9.70. The van der Waals surface area contributed by atoms with Crippen LogP contribution in [0.5, 0.6) is 0 Å². The van der Waals surface area contributed by atoms with Gasteiger partial charge in [-0.25, -0.2) is 13.4 Å². The highest BCUT2D eigenvalue weighted by Gasteiger charge is 2.49. The molecular weight excluding hydrogens is 358 g/mol. The van der Waals surface area contributed by atoms with Gasteiger partial charge in [0.05, 0.1) is 18.8 Å². The first-order valence-corrected chi connectivity index (χ1v) is 9.50. The minimum absolute atomic E-state index is 0.0398. The van der Waals surface area contributed by atoms with Gasteiger partial charge in [0.15, 0.2) is 0 Å². The SMILES string of the molecule is CCCN1C(=O)CN(S(C)(=O)=O)C(C(=O)O)C1c1cccnc1Cl. The maximum absolute atomic E-state index is 12.5. The van der Waals surface area contributed by atoms with Gasteiger partial charge in [-0.3, -0.25) is 9.59 Å². The quantitative estimate of drug-likeness (QED) is 0.760. The molecule has 8 nitrogen and oxygen atoms in total. The maximum Gasteiger partial charge on any atom is 0.324 e. The number of aliphatic carboxylic acids is 1. The van der Waals surface area contributed by atoms with Crippen LogP contribution in [0.4, 0.5) is 0 Å². The molecule has 2 rings (SSSR count). The molecule has 0 saturated carbocycles. The Labute approximate surface area is 145 Å². The first-order valence-electron chi connectivity index (χ1n) is 7.28. The number of carbonyl (C=O) groups is 2. The Bertz CT molecular complexity index is 755. The molecule has 1 aromatic heterocycles. The molecule has 1 aromatic rings. The van der Waals surface area contributed by atoms with Crippen molar-refractivity contribution in [3.05, 3.63) is 29.0 Å². The second-order valence-electron chi connectivity index (χ2n) is 5.51. The van der Waals surface area contributed by atoms with Crippen LogP contribution in [0.2, 0.25) is 5.15 Å². The molecule has 0 spiro atoms. The van der Waals surface area contributed by atoms with E-state index >= 15 is 0 Å². The Balaban J connectivity index is 2.65. The number of halogens is 1. The summed E-state index contributed by atoms with van der Waals surface area (Å²) in [6.07, 6.45) is 2.91. The molecule has 1 aliphatic rings. The zero-order valence-electron chi connectivity index (χ0n) is 13.2. The Morgan fingerprint density at radius 2 is 2.17 bits per heavy atom. The Kier molecular flexibility index (Phi) is 5.46. The fourth-order valence-electron chi connectivity index (χ4n) is 2.85. The van der Waals surface area contributed by atoms with Crippen LogP contribution >= 0.6 is 11.6 Å². The highest BCUT2D eigenvalue weighted by atomic mass is 35.5. The summed E-state index contributed by atoms with van der Waals surface area (Å²) >= 11 is 6.09. The number of carboxylic acids is 1. The number of hydrogen-bond acceptors (Lipinski definition) is 5. The first kappa shape index (κ1) is 18.6. The standard InChI is InChI=1S/C14H18ClN3O5S/c1-3-7-17-10(19)8-18(24(2,22)23)12(14(20)21)11(17)9-5-4-6-16-13(9)15/h4-6,11-12H,3,7-8H2,1-2H3,(H,20,21). The molecule has 1 aliphatic heterocycles. The predicted molar refractivity (Wildman–Crippen MR) is 87.0 cm³/mol.